The van der Waals surface area contributed by atoms with Gasteiger partial charge in [-0.3, -0.25) is 4.90 Å². The Bertz CT molecular complexity index is 881. The summed E-state index contributed by atoms with van der Waals surface area (Å²) in [5, 5.41) is 10.5. The van der Waals surface area contributed by atoms with Gasteiger partial charge in [-0.1, -0.05) is 18.2 Å². The average molecular weight is 431 g/mol. The summed E-state index contributed by atoms with van der Waals surface area (Å²) < 4.78 is 32.1. The maximum atomic E-state index is 14.1. The molecule has 0 saturated heterocycles. The van der Waals surface area contributed by atoms with Crippen molar-refractivity contribution < 1.29 is 23.4 Å². The first-order chi connectivity index (χ1) is 15.2. The van der Waals surface area contributed by atoms with Gasteiger partial charge in [-0.05, 0) is 36.8 Å². The summed E-state index contributed by atoms with van der Waals surface area (Å²) in [5.41, 5.74) is 1.71. The fourth-order valence-corrected chi connectivity index (χ4v) is 3.49. The van der Waals surface area contributed by atoms with Crippen LogP contribution in [0.2, 0.25) is 0 Å². The van der Waals surface area contributed by atoms with Gasteiger partial charge < -0.3 is 23.6 Å². The van der Waals surface area contributed by atoms with Crippen LogP contribution in [0, 0.1) is 5.82 Å². The quantitative estimate of drug-likeness (QED) is 0.396. The molecule has 3 rings (SSSR count). The zero-order chi connectivity index (χ0) is 21.9. The van der Waals surface area contributed by atoms with E-state index in [1.807, 2.05) is 41.1 Å². The van der Waals surface area contributed by atoms with Crippen molar-refractivity contribution in [3.05, 3.63) is 83.8 Å². The Hall–Kier alpha value is -2.45. The lowest BCUT2D eigenvalue weighted by Gasteiger charge is -2.25. The molecular weight excluding hydrogens is 399 g/mol. The smallest absolute Gasteiger partial charge is 0.129 e. The van der Waals surface area contributed by atoms with Crippen LogP contribution < -0.4 is 0 Å². The van der Waals surface area contributed by atoms with Crippen LogP contribution in [-0.2, 0) is 29.2 Å². The Balaban J connectivity index is 1.57. The van der Waals surface area contributed by atoms with E-state index in [-0.39, 0.29) is 12.4 Å². The van der Waals surface area contributed by atoms with E-state index >= 15 is 0 Å². The molecule has 2 heterocycles. The number of aliphatic hydroxyl groups excluding tert-OH is 1. The SMILES string of the molecule is COCCCN(Cc1cccn1Cc1ccccc1F)C[C@@H](O)COCc1ccco1. The Kier molecular flexibility index (Phi) is 9.30. The molecule has 7 heteroatoms. The molecule has 0 saturated carbocycles. The number of hydrogen-bond acceptors (Lipinski definition) is 5. The third-order valence-corrected chi connectivity index (χ3v) is 5.03. The van der Waals surface area contributed by atoms with Crippen molar-refractivity contribution in [1.29, 1.82) is 0 Å². The lowest BCUT2D eigenvalue weighted by Crippen LogP contribution is -2.36. The van der Waals surface area contributed by atoms with Gasteiger partial charge in [-0.25, -0.2) is 4.39 Å². The van der Waals surface area contributed by atoms with Crippen molar-refractivity contribution in [3.8, 4) is 0 Å². The predicted octanol–water partition coefficient (Wildman–Crippen LogP) is 3.68. The first-order valence-electron chi connectivity index (χ1n) is 10.5. The van der Waals surface area contributed by atoms with Gasteiger partial charge in [0.25, 0.3) is 0 Å². The molecule has 0 bridgehead atoms. The van der Waals surface area contributed by atoms with Crippen LogP contribution in [0.4, 0.5) is 4.39 Å². The van der Waals surface area contributed by atoms with Crippen molar-refractivity contribution >= 4 is 0 Å². The molecule has 31 heavy (non-hydrogen) atoms. The molecule has 1 N–H and O–H groups in total. The highest BCUT2D eigenvalue weighted by atomic mass is 19.1. The minimum absolute atomic E-state index is 0.205. The zero-order valence-corrected chi connectivity index (χ0v) is 18.0. The van der Waals surface area contributed by atoms with Crippen molar-refractivity contribution in [3.63, 3.8) is 0 Å². The van der Waals surface area contributed by atoms with Gasteiger partial charge in [0.2, 0.25) is 0 Å². The maximum absolute atomic E-state index is 14.1. The van der Waals surface area contributed by atoms with Crippen LogP contribution in [-0.4, -0.2) is 54.1 Å². The molecule has 0 amide bonds. The number of hydrogen-bond donors (Lipinski definition) is 1. The van der Waals surface area contributed by atoms with Crippen LogP contribution in [0.1, 0.15) is 23.4 Å². The summed E-state index contributed by atoms with van der Waals surface area (Å²) in [6, 6.07) is 14.5. The first-order valence-corrected chi connectivity index (χ1v) is 10.5. The average Bonchev–Trinajstić information content (AvgIpc) is 3.42. The minimum atomic E-state index is -0.632. The molecule has 0 unspecified atom stereocenters. The highest BCUT2D eigenvalue weighted by molar-refractivity contribution is 5.19. The van der Waals surface area contributed by atoms with Gasteiger partial charge in [0, 0.05) is 50.8 Å². The third-order valence-electron chi connectivity index (χ3n) is 5.03. The number of nitrogens with zero attached hydrogens (tertiary/aromatic N) is 2. The van der Waals surface area contributed by atoms with Gasteiger partial charge in [0.1, 0.15) is 18.2 Å². The van der Waals surface area contributed by atoms with Crippen molar-refractivity contribution in [2.24, 2.45) is 0 Å². The predicted molar refractivity (Wildman–Crippen MR) is 116 cm³/mol. The summed E-state index contributed by atoms with van der Waals surface area (Å²) >= 11 is 0. The number of methoxy groups -OCH3 is 1. The summed E-state index contributed by atoms with van der Waals surface area (Å²) in [4.78, 5) is 2.17. The van der Waals surface area contributed by atoms with E-state index in [0.717, 1.165) is 24.4 Å². The summed E-state index contributed by atoms with van der Waals surface area (Å²) in [6.07, 6.45) is 3.78. The maximum Gasteiger partial charge on any atom is 0.129 e. The van der Waals surface area contributed by atoms with Crippen LogP contribution in [0.25, 0.3) is 0 Å². The fraction of sp³-hybridized carbons (Fsp3) is 0.417. The molecule has 0 aliphatic heterocycles. The van der Waals surface area contributed by atoms with E-state index in [9.17, 15) is 9.50 Å². The van der Waals surface area contributed by atoms with E-state index < -0.39 is 6.10 Å². The number of halogens is 1. The van der Waals surface area contributed by atoms with Crippen LogP contribution in [0.5, 0.6) is 0 Å². The standard InChI is InChI=1S/C24H31FN2O4/c1-29-13-6-11-26(17-22(28)18-30-19-23-9-5-14-31-23)16-21-8-4-12-27(21)15-20-7-2-3-10-24(20)25/h2-5,7-10,12,14,22,28H,6,11,13,15-19H2,1H3/t22-/m1/s1. The normalized spacial score (nSPS) is 12.5. The second-order valence-corrected chi connectivity index (χ2v) is 7.55. The third kappa shape index (κ3) is 7.63. The van der Waals surface area contributed by atoms with Crippen LogP contribution in [0.3, 0.4) is 0 Å². The molecular formula is C24H31FN2O4. The largest absolute Gasteiger partial charge is 0.467 e. The number of aromatic nitrogens is 1. The molecule has 0 radical (unpaired) electrons. The summed E-state index contributed by atoms with van der Waals surface area (Å²) in [5.74, 6) is 0.526. The number of benzene rings is 1. The van der Waals surface area contributed by atoms with Crippen molar-refractivity contribution in [2.75, 3.05) is 33.4 Å². The van der Waals surface area contributed by atoms with Gasteiger partial charge in [-0.2, -0.15) is 0 Å². The number of furan rings is 1. The van der Waals surface area contributed by atoms with Gasteiger partial charge in [-0.15, -0.1) is 0 Å². The Morgan fingerprint density at radius 3 is 2.81 bits per heavy atom. The Labute approximate surface area is 182 Å². The first kappa shape index (κ1) is 23.2. The topological polar surface area (TPSA) is 60.0 Å². The highest BCUT2D eigenvalue weighted by Gasteiger charge is 2.15. The summed E-state index contributed by atoms with van der Waals surface area (Å²) in [6.45, 7) is 3.55. The molecule has 1 aromatic carbocycles. The van der Waals surface area contributed by atoms with E-state index in [0.29, 0.717) is 38.4 Å². The molecule has 0 spiro atoms. The van der Waals surface area contributed by atoms with Gasteiger partial charge in [0.05, 0.1) is 25.5 Å². The van der Waals surface area contributed by atoms with Gasteiger partial charge >= 0.3 is 0 Å². The lowest BCUT2D eigenvalue weighted by molar-refractivity contribution is 0.00251. The molecule has 1 atom stereocenters. The molecule has 0 aliphatic carbocycles. The Morgan fingerprint density at radius 2 is 2.03 bits per heavy atom. The van der Waals surface area contributed by atoms with Crippen LogP contribution in [0.15, 0.2) is 65.4 Å². The lowest BCUT2D eigenvalue weighted by atomic mass is 10.2. The molecule has 6 nitrogen and oxygen atoms in total. The Morgan fingerprint density at radius 1 is 1.16 bits per heavy atom. The van der Waals surface area contributed by atoms with E-state index in [1.165, 1.54) is 6.07 Å². The fourth-order valence-electron chi connectivity index (χ4n) is 3.49. The number of rotatable bonds is 14. The molecule has 168 valence electrons. The van der Waals surface area contributed by atoms with Crippen LogP contribution >= 0.6 is 0 Å². The van der Waals surface area contributed by atoms with Crippen molar-refractivity contribution in [1.82, 2.24) is 9.47 Å². The summed E-state index contributed by atoms with van der Waals surface area (Å²) in [7, 11) is 1.68. The monoisotopic (exact) mass is 430 g/mol. The zero-order valence-electron chi connectivity index (χ0n) is 18.0. The second-order valence-electron chi connectivity index (χ2n) is 7.55. The van der Waals surface area contributed by atoms with Crippen molar-refractivity contribution in [2.45, 2.75) is 32.2 Å². The molecule has 0 fully saturated rings. The van der Waals surface area contributed by atoms with E-state index in [2.05, 4.69) is 4.90 Å². The van der Waals surface area contributed by atoms with E-state index in [1.54, 1.807) is 25.5 Å². The highest BCUT2D eigenvalue weighted by Crippen LogP contribution is 2.14. The number of ether oxygens (including phenoxy) is 2. The minimum Gasteiger partial charge on any atom is -0.467 e. The molecule has 0 aliphatic rings. The molecule has 3 aromatic rings. The second kappa shape index (κ2) is 12.4. The molecule has 2 aromatic heterocycles. The van der Waals surface area contributed by atoms with E-state index in [4.69, 9.17) is 13.9 Å². The van der Waals surface area contributed by atoms with Gasteiger partial charge in [0.15, 0.2) is 0 Å². The number of aliphatic hydroxyl groups is 1.